The molecule has 0 saturated carbocycles. The van der Waals surface area contributed by atoms with Gasteiger partial charge < -0.3 is 10.0 Å². The molecule has 0 saturated heterocycles. The van der Waals surface area contributed by atoms with Crippen molar-refractivity contribution in [3.8, 4) is 0 Å². The maximum atomic E-state index is 11.5. The third-order valence-corrected chi connectivity index (χ3v) is 2.05. The summed E-state index contributed by atoms with van der Waals surface area (Å²) in [4.78, 5) is 13.1. The number of para-hydroxylation sites is 1. The van der Waals surface area contributed by atoms with Crippen LogP contribution in [0.4, 0.5) is 5.69 Å². The first-order chi connectivity index (χ1) is 7.29. The fraction of sp³-hybridized carbons (Fsp3) is 0.250. The highest BCUT2D eigenvalue weighted by Gasteiger charge is 2.10. The Bertz CT molecular complexity index is 322. The van der Waals surface area contributed by atoms with Gasteiger partial charge in [0, 0.05) is 18.8 Å². The lowest BCUT2D eigenvalue weighted by Crippen LogP contribution is -2.30. The first-order valence-electron chi connectivity index (χ1n) is 4.89. The van der Waals surface area contributed by atoms with Crippen LogP contribution in [0.15, 0.2) is 43.0 Å². The summed E-state index contributed by atoms with van der Waals surface area (Å²) in [5.74, 6) is -0.144. The van der Waals surface area contributed by atoms with Gasteiger partial charge in [-0.25, -0.2) is 0 Å². The van der Waals surface area contributed by atoms with E-state index < -0.39 is 0 Å². The van der Waals surface area contributed by atoms with E-state index in [0.29, 0.717) is 13.0 Å². The van der Waals surface area contributed by atoms with Crippen LogP contribution in [0.1, 0.15) is 6.42 Å². The second kappa shape index (κ2) is 5.98. The minimum atomic E-state index is -0.144. The molecule has 0 aliphatic rings. The molecule has 0 aliphatic heterocycles. The molecule has 3 nitrogen and oxygen atoms in total. The zero-order valence-corrected chi connectivity index (χ0v) is 8.60. The summed E-state index contributed by atoms with van der Waals surface area (Å²) in [5, 5.41) is 8.75. The molecule has 0 heterocycles. The number of benzene rings is 1. The van der Waals surface area contributed by atoms with Gasteiger partial charge in [0.15, 0.2) is 0 Å². The first-order valence-corrected chi connectivity index (χ1v) is 4.89. The van der Waals surface area contributed by atoms with Gasteiger partial charge in [-0.3, -0.25) is 4.79 Å². The van der Waals surface area contributed by atoms with E-state index in [4.69, 9.17) is 5.11 Å². The summed E-state index contributed by atoms with van der Waals surface area (Å²) in [6, 6.07) is 9.36. The molecule has 1 amide bonds. The van der Waals surface area contributed by atoms with E-state index in [1.165, 1.54) is 6.08 Å². The van der Waals surface area contributed by atoms with E-state index in [9.17, 15) is 4.79 Å². The van der Waals surface area contributed by atoms with Gasteiger partial charge >= 0.3 is 0 Å². The predicted molar refractivity (Wildman–Crippen MR) is 60.7 cm³/mol. The standard InChI is InChI=1S/C12H15NO2/c1-2-12(15)13(9-6-10-14)11-7-4-3-5-8-11/h2-5,7-8,14H,1,6,9-10H2. The molecule has 0 bridgehead atoms. The van der Waals surface area contributed by atoms with Gasteiger partial charge in [-0.1, -0.05) is 24.8 Å². The number of rotatable bonds is 5. The molecule has 1 rings (SSSR count). The fourth-order valence-electron chi connectivity index (χ4n) is 1.31. The zero-order valence-electron chi connectivity index (χ0n) is 8.60. The summed E-state index contributed by atoms with van der Waals surface area (Å²) in [7, 11) is 0. The summed E-state index contributed by atoms with van der Waals surface area (Å²) in [5.41, 5.74) is 0.829. The molecule has 0 aromatic heterocycles. The third-order valence-electron chi connectivity index (χ3n) is 2.05. The molecule has 15 heavy (non-hydrogen) atoms. The average Bonchev–Trinajstić information content (AvgIpc) is 2.30. The van der Waals surface area contributed by atoms with Gasteiger partial charge in [0.2, 0.25) is 5.91 Å². The molecule has 1 aromatic rings. The molecule has 0 spiro atoms. The van der Waals surface area contributed by atoms with Gasteiger partial charge in [0.05, 0.1) is 0 Å². The number of aliphatic hydroxyl groups excluding tert-OH is 1. The number of anilines is 1. The van der Waals surface area contributed by atoms with Crippen molar-refractivity contribution in [2.75, 3.05) is 18.1 Å². The maximum absolute atomic E-state index is 11.5. The molecule has 1 N–H and O–H groups in total. The molecule has 3 heteroatoms. The smallest absolute Gasteiger partial charge is 0.250 e. The molecule has 0 atom stereocenters. The Hall–Kier alpha value is -1.61. The predicted octanol–water partition coefficient (Wildman–Crippen LogP) is 1.59. The van der Waals surface area contributed by atoms with E-state index in [1.807, 2.05) is 30.3 Å². The molecular weight excluding hydrogens is 190 g/mol. The minimum Gasteiger partial charge on any atom is -0.396 e. The second-order valence-corrected chi connectivity index (χ2v) is 3.11. The monoisotopic (exact) mass is 205 g/mol. The number of nitrogens with zero attached hydrogens (tertiary/aromatic N) is 1. The van der Waals surface area contributed by atoms with Crippen molar-refractivity contribution in [3.05, 3.63) is 43.0 Å². The van der Waals surface area contributed by atoms with E-state index in [1.54, 1.807) is 4.90 Å². The molecule has 0 aliphatic carbocycles. The Morgan fingerprint density at radius 2 is 2.07 bits per heavy atom. The van der Waals surface area contributed by atoms with Gasteiger partial charge in [0.1, 0.15) is 0 Å². The van der Waals surface area contributed by atoms with Crippen molar-refractivity contribution >= 4 is 11.6 Å². The minimum absolute atomic E-state index is 0.0771. The number of aliphatic hydroxyl groups is 1. The Kier molecular flexibility index (Phi) is 4.57. The summed E-state index contributed by atoms with van der Waals surface area (Å²) in [6.45, 7) is 4.04. The average molecular weight is 205 g/mol. The summed E-state index contributed by atoms with van der Waals surface area (Å²) < 4.78 is 0. The number of amides is 1. The highest BCUT2D eigenvalue weighted by atomic mass is 16.3. The summed E-state index contributed by atoms with van der Waals surface area (Å²) >= 11 is 0. The quantitative estimate of drug-likeness (QED) is 0.741. The second-order valence-electron chi connectivity index (χ2n) is 3.11. The van der Waals surface area contributed by atoms with Crippen LogP contribution < -0.4 is 4.90 Å². The Morgan fingerprint density at radius 1 is 1.40 bits per heavy atom. The normalized spacial score (nSPS) is 9.67. The van der Waals surface area contributed by atoms with Gasteiger partial charge in [-0.2, -0.15) is 0 Å². The molecule has 0 unspecified atom stereocenters. The zero-order chi connectivity index (χ0) is 11.1. The largest absolute Gasteiger partial charge is 0.396 e. The Morgan fingerprint density at radius 3 is 2.60 bits per heavy atom. The lowest BCUT2D eigenvalue weighted by atomic mass is 10.2. The topological polar surface area (TPSA) is 40.5 Å². The van der Waals surface area contributed by atoms with Crippen LogP contribution in [0.25, 0.3) is 0 Å². The number of carbonyl (C=O) groups is 1. The van der Waals surface area contributed by atoms with Crippen molar-refractivity contribution in [1.29, 1.82) is 0 Å². The van der Waals surface area contributed by atoms with Crippen LogP contribution in [0.5, 0.6) is 0 Å². The SMILES string of the molecule is C=CC(=O)N(CCCO)c1ccccc1. The van der Waals surface area contributed by atoms with Crippen molar-refractivity contribution in [3.63, 3.8) is 0 Å². The number of hydrogen-bond donors (Lipinski definition) is 1. The van der Waals surface area contributed by atoms with Gasteiger partial charge in [-0.05, 0) is 24.6 Å². The Labute approximate surface area is 89.6 Å². The van der Waals surface area contributed by atoms with E-state index in [-0.39, 0.29) is 12.5 Å². The molecule has 0 radical (unpaired) electrons. The first kappa shape index (κ1) is 11.5. The van der Waals surface area contributed by atoms with E-state index in [0.717, 1.165) is 5.69 Å². The van der Waals surface area contributed by atoms with Crippen LogP contribution in [0.3, 0.4) is 0 Å². The lowest BCUT2D eigenvalue weighted by molar-refractivity contribution is -0.114. The summed E-state index contributed by atoms with van der Waals surface area (Å²) in [6.07, 6.45) is 1.85. The molecule has 1 aromatic carbocycles. The fourth-order valence-corrected chi connectivity index (χ4v) is 1.31. The number of carbonyl (C=O) groups excluding carboxylic acids is 1. The van der Waals surface area contributed by atoms with Crippen LogP contribution >= 0.6 is 0 Å². The molecular formula is C12H15NO2. The van der Waals surface area contributed by atoms with Crippen LogP contribution in [0.2, 0.25) is 0 Å². The van der Waals surface area contributed by atoms with Crippen LogP contribution in [-0.2, 0) is 4.79 Å². The third kappa shape index (κ3) is 3.22. The van der Waals surface area contributed by atoms with Crippen molar-refractivity contribution < 1.29 is 9.90 Å². The van der Waals surface area contributed by atoms with Crippen molar-refractivity contribution in [2.45, 2.75) is 6.42 Å². The molecule has 80 valence electrons. The number of hydrogen-bond acceptors (Lipinski definition) is 2. The highest BCUT2D eigenvalue weighted by Crippen LogP contribution is 2.13. The van der Waals surface area contributed by atoms with Gasteiger partial charge in [0.25, 0.3) is 0 Å². The van der Waals surface area contributed by atoms with Gasteiger partial charge in [-0.15, -0.1) is 0 Å². The van der Waals surface area contributed by atoms with Crippen LogP contribution in [-0.4, -0.2) is 24.2 Å². The Balaban J connectivity index is 2.81. The van der Waals surface area contributed by atoms with Crippen molar-refractivity contribution in [1.82, 2.24) is 0 Å². The van der Waals surface area contributed by atoms with Crippen LogP contribution in [0, 0.1) is 0 Å². The van der Waals surface area contributed by atoms with Crippen molar-refractivity contribution in [2.24, 2.45) is 0 Å². The lowest BCUT2D eigenvalue weighted by Gasteiger charge is -2.20. The highest BCUT2D eigenvalue weighted by molar-refractivity contribution is 6.00. The van der Waals surface area contributed by atoms with E-state index >= 15 is 0 Å². The maximum Gasteiger partial charge on any atom is 0.250 e. The molecule has 0 fully saturated rings. The van der Waals surface area contributed by atoms with E-state index in [2.05, 4.69) is 6.58 Å².